The van der Waals surface area contributed by atoms with Crippen LogP contribution in [-0.4, -0.2) is 35.8 Å². The second-order valence-electron chi connectivity index (χ2n) is 4.70. The zero-order valence-corrected chi connectivity index (χ0v) is 9.98. The minimum Gasteiger partial charge on any atom is -0.353 e. The molecule has 0 radical (unpaired) electrons. The molecule has 2 N–H and O–H groups in total. The Labute approximate surface area is 105 Å². The maximum atomic E-state index is 12.3. The fourth-order valence-electron chi connectivity index (χ4n) is 2.45. The van der Waals surface area contributed by atoms with Gasteiger partial charge in [-0.2, -0.15) is 0 Å². The largest absolute Gasteiger partial charge is 0.353 e. The van der Waals surface area contributed by atoms with Gasteiger partial charge in [-0.3, -0.25) is 14.9 Å². The predicted molar refractivity (Wildman–Crippen MR) is 65.5 cm³/mol. The highest BCUT2D eigenvalue weighted by atomic mass is 16.2. The first-order valence-electron chi connectivity index (χ1n) is 6.10. The molecule has 2 heterocycles. The van der Waals surface area contributed by atoms with Crippen LogP contribution in [0.2, 0.25) is 0 Å². The van der Waals surface area contributed by atoms with Gasteiger partial charge >= 0.3 is 0 Å². The van der Waals surface area contributed by atoms with Crippen molar-refractivity contribution >= 4 is 11.8 Å². The van der Waals surface area contributed by atoms with Gasteiger partial charge in [0.25, 0.3) is 0 Å². The molecule has 1 aromatic rings. The average molecular weight is 245 g/mol. The molecular weight excluding hydrogens is 230 g/mol. The molecule has 0 spiro atoms. The molecule has 0 aromatic heterocycles. The van der Waals surface area contributed by atoms with E-state index >= 15 is 0 Å². The Hall–Kier alpha value is -1.88. The number of fused-ring (bicyclic) bond motifs is 1. The van der Waals surface area contributed by atoms with Crippen LogP contribution in [-0.2, 0) is 22.7 Å². The molecule has 5 nitrogen and oxygen atoms in total. The molecule has 3 rings (SSSR count). The summed E-state index contributed by atoms with van der Waals surface area (Å²) in [5, 5.41) is 5.68. The van der Waals surface area contributed by atoms with Crippen molar-refractivity contribution in [3.63, 3.8) is 0 Å². The van der Waals surface area contributed by atoms with E-state index in [9.17, 15) is 9.59 Å². The van der Waals surface area contributed by atoms with Crippen molar-refractivity contribution in [3.05, 3.63) is 35.4 Å². The van der Waals surface area contributed by atoms with Crippen LogP contribution >= 0.6 is 0 Å². The number of benzene rings is 1. The lowest BCUT2D eigenvalue weighted by molar-refractivity contribution is -0.135. The lowest BCUT2D eigenvalue weighted by Crippen LogP contribution is -2.58. The van der Waals surface area contributed by atoms with Crippen LogP contribution in [0.15, 0.2) is 24.3 Å². The molecule has 94 valence electrons. The van der Waals surface area contributed by atoms with Gasteiger partial charge in [0.2, 0.25) is 11.8 Å². The summed E-state index contributed by atoms with van der Waals surface area (Å²) in [6, 6.07) is 7.80. The van der Waals surface area contributed by atoms with Crippen LogP contribution in [0.5, 0.6) is 0 Å². The third kappa shape index (κ3) is 1.97. The van der Waals surface area contributed by atoms with Crippen molar-refractivity contribution in [1.29, 1.82) is 0 Å². The van der Waals surface area contributed by atoms with E-state index in [-0.39, 0.29) is 24.4 Å². The van der Waals surface area contributed by atoms with Crippen molar-refractivity contribution < 1.29 is 9.59 Å². The summed E-state index contributed by atoms with van der Waals surface area (Å²) in [6.45, 7) is 1.93. The Bertz CT molecular complexity index is 466. The second-order valence-corrected chi connectivity index (χ2v) is 4.70. The standard InChI is InChI=1S/C13H15N3O2/c17-12-6-14-11(5-15-12)13(18)16-7-9-3-1-2-4-10(9)8-16/h1-4,11,14H,5-8H2,(H,15,17). The van der Waals surface area contributed by atoms with Crippen LogP contribution in [0.4, 0.5) is 0 Å². The van der Waals surface area contributed by atoms with E-state index in [0.29, 0.717) is 19.6 Å². The van der Waals surface area contributed by atoms with E-state index in [0.717, 1.165) is 0 Å². The summed E-state index contributed by atoms with van der Waals surface area (Å²) >= 11 is 0. The number of hydrogen-bond donors (Lipinski definition) is 2. The number of carbonyl (C=O) groups is 2. The molecule has 0 bridgehead atoms. The lowest BCUT2D eigenvalue weighted by Gasteiger charge is -2.27. The number of nitrogens with zero attached hydrogens (tertiary/aromatic N) is 1. The second kappa shape index (κ2) is 4.42. The molecule has 1 unspecified atom stereocenters. The first-order chi connectivity index (χ1) is 8.74. The van der Waals surface area contributed by atoms with Gasteiger partial charge in [0.05, 0.1) is 6.54 Å². The van der Waals surface area contributed by atoms with Crippen molar-refractivity contribution in [3.8, 4) is 0 Å². The van der Waals surface area contributed by atoms with E-state index in [4.69, 9.17) is 0 Å². The Morgan fingerprint density at radius 1 is 1.22 bits per heavy atom. The molecule has 1 saturated heterocycles. The molecule has 5 heteroatoms. The Morgan fingerprint density at radius 2 is 1.89 bits per heavy atom. The topological polar surface area (TPSA) is 61.4 Å². The number of rotatable bonds is 1. The highest BCUT2D eigenvalue weighted by Crippen LogP contribution is 2.22. The van der Waals surface area contributed by atoms with Crippen molar-refractivity contribution in [2.24, 2.45) is 0 Å². The molecular formula is C13H15N3O2. The molecule has 2 amide bonds. The maximum absolute atomic E-state index is 12.3. The molecule has 0 aliphatic carbocycles. The quantitative estimate of drug-likeness (QED) is 0.709. The zero-order valence-electron chi connectivity index (χ0n) is 9.98. The molecule has 1 aromatic carbocycles. The summed E-state index contributed by atoms with van der Waals surface area (Å²) in [4.78, 5) is 25.2. The number of piperazine rings is 1. The van der Waals surface area contributed by atoms with Crippen molar-refractivity contribution in [2.45, 2.75) is 19.1 Å². The molecule has 0 saturated carbocycles. The summed E-state index contributed by atoms with van der Waals surface area (Å²) in [5.41, 5.74) is 2.43. The normalized spacial score (nSPS) is 22.6. The van der Waals surface area contributed by atoms with Gasteiger partial charge in [-0.25, -0.2) is 0 Å². The third-order valence-electron chi connectivity index (χ3n) is 3.46. The van der Waals surface area contributed by atoms with Crippen molar-refractivity contribution in [1.82, 2.24) is 15.5 Å². The van der Waals surface area contributed by atoms with Gasteiger partial charge in [0.1, 0.15) is 6.04 Å². The number of hydrogen-bond acceptors (Lipinski definition) is 3. The van der Waals surface area contributed by atoms with Gasteiger partial charge in [-0.1, -0.05) is 24.3 Å². The fraction of sp³-hybridized carbons (Fsp3) is 0.385. The van der Waals surface area contributed by atoms with Crippen molar-refractivity contribution in [2.75, 3.05) is 13.1 Å². The average Bonchev–Trinajstić information content (AvgIpc) is 2.82. The number of nitrogens with one attached hydrogen (secondary N) is 2. The molecule has 2 aliphatic heterocycles. The summed E-state index contributed by atoms with van der Waals surface area (Å²) in [5.74, 6) is 0.00922. The highest BCUT2D eigenvalue weighted by molar-refractivity contribution is 5.87. The number of carbonyl (C=O) groups excluding carboxylic acids is 2. The van der Waals surface area contributed by atoms with Crippen LogP contribution in [0.3, 0.4) is 0 Å². The molecule has 18 heavy (non-hydrogen) atoms. The first kappa shape index (κ1) is 11.2. The van der Waals surface area contributed by atoms with Crippen LogP contribution < -0.4 is 10.6 Å². The van der Waals surface area contributed by atoms with Gasteiger partial charge in [-0.05, 0) is 11.1 Å². The van der Waals surface area contributed by atoms with Crippen LogP contribution in [0, 0.1) is 0 Å². The highest BCUT2D eigenvalue weighted by Gasteiger charge is 2.30. The van der Waals surface area contributed by atoms with E-state index in [2.05, 4.69) is 22.8 Å². The summed E-state index contributed by atoms with van der Waals surface area (Å²) < 4.78 is 0. The minimum absolute atomic E-state index is 0.0521. The van der Waals surface area contributed by atoms with Gasteiger partial charge < -0.3 is 10.2 Å². The summed E-state index contributed by atoms with van der Waals surface area (Å²) in [7, 11) is 0. The van der Waals surface area contributed by atoms with Crippen LogP contribution in [0.25, 0.3) is 0 Å². The van der Waals surface area contributed by atoms with Gasteiger partial charge in [0.15, 0.2) is 0 Å². The predicted octanol–water partition coefficient (Wildman–Crippen LogP) is -0.383. The molecule has 1 fully saturated rings. The lowest BCUT2D eigenvalue weighted by atomic mass is 10.1. The monoisotopic (exact) mass is 245 g/mol. The maximum Gasteiger partial charge on any atom is 0.242 e. The summed E-state index contributed by atoms with van der Waals surface area (Å²) in [6.07, 6.45) is 0. The Kier molecular flexibility index (Phi) is 2.76. The minimum atomic E-state index is -0.294. The first-order valence-corrected chi connectivity index (χ1v) is 6.10. The Balaban J connectivity index is 1.67. The Morgan fingerprint density at radius 3 is 2.44 bits per heavy atom. The van der Waals surface area contributed by atoms with E-state index in [1.807, 2.05) is 17.0 Å². The smallest absolute Gasteiger partial charge is 0.242 e. The molecule has 1 atom stereocenters. The van der Waals surface area contributed by atoms with Crippen LogP contribution in [0.1, 0.15) is 11.1 Å². The van der Waals surface area contributed by atoms with E-state index in [1.165, 1.54) is 11.1 Å². The molecule has 2 aliphatic rings. The van der Waals surface area contributed by atoms with E-state index < -0.39 is 0 Å². The SMILES string of the molecule is O=C1CNC(C(=O)N2Cc3ccccc3C2)CN1. The fourth-order valence-corrected chi connectivity index (χ4v) is 2.45. The van der Waals surface area contributed by atoms with Gasteiger partial charge in [-0.15, -0.1) is 0 Å². The zero-order chi connectivity index (χ0) is 12.5. The van der Waals surface area contributed by atoms with E-state index in [1.54, 1.807) is 0 Å². The van der Waals surface area contributed by atoms with Gasteiger partial charge in [0, 0.05) is 19.6 Å². The number of amides is 2. The third-order valence-corrected chi connectivity index (χ3v) is 3.46.